The van der Waals surface area contributed by atoms with Crippen LogP contribution in [0.15, 0.2) is 65.0 Å². The summed E-state index contributed by atoms with van der Waals surface area (Å²) in [4.78, 5) is 11.4. The number of carbonyl (C=O) groups excluding carboxylic acids is 1. The summed E-state index contributed by atoms with van der Waals surface area (Å²) in [5, 5.41) is 33.7. The number of fused-ring (bicyclic) bond motifs is 1. The van der Waals surface area contributed by atoms with Gasteiger partial charge in [-0.15, -0.1) is 0 Å². The van der Waals surface area contributed by atoms with Crippen LogP contribution < -0.4 is 10.6 Å². The zero-order chi connectivity index (χ0) is 22.8. The summed E-state index contributed by atoms with van der Waals surface area (Å²) in [7, 11) is 1.31. The first kappa shape index (κ1) is 20.7. The second kappa shape index (κ2) is 8.29. The number of aromatic nitrogens is 2. The Morgan fingerprint density at radius 2 is 1.72 bits per heavy atom. The van der Waals surface area contributed by atoms with Crippen molar-refractivity contribution in [1.29, 1.82) is 10.5 Å². The number of benzene rings is 2. The summed E-state index contributed by atoms with van der Waals surface area (Å²) < 4.78 is 4.61. The lowest BCUT2D eigenvalue weighted by Crippen LogP contribution is -2.23. The third-order valence-electron chi connectivity index (χ3n) is 5.51. The summed E-state index contributed by atoms with van der Waals surface area (Å²) in [5.41, 5.74) is 6.42. The van der Waals surface area contributed by atoms with Crippen LogP contribution in [0.3, 0.4) is 0 Å². The first-order chi connectivity index (χ1) is 15.5. The molecule has 1 amide bonds. The van der Waals surface area contributed by atoms with E-state index in [1.165, 1.54) is 7.11 Å². The smallest absolute Gasteiger partial charge is 0.411 e. The lowest BCUT2D eigenvalue weighted by Gasteiger charge is -2.26. The van der Waals surface area contributed by atoms with Crippen LogP contribution in [0.2, 0.25) is 0 Å². The second-order valence-electron chi connectivity index (χ2n) is 7.43. The van der Waals surface area contributed by atoms with Gasteiger partial charge in [-0.25, -0.2) is 4.79 Å². The van der Waals surface area contributed by atoms with E-state index in [0.29, 0.717) is 16.8 Å². The van der Waals surface area contributed by atoms with Gasteiger partial charge in [-0.2, -0.15) is 15.6 Å². The minimum Gasteiger partial charge on any atom is -0.453 e. The van der Waals surface area contributed by atoms with Crippen molar-refractivity contribution >= 4 is 22.7 Å². The molecule has 2 aromatic carbocycles. The number of hydrogen-bond acceptors (Lipinski definition) is 6. The Labute approximate surface area is 184 Å². The average Bonchev–Trinajstić information content (AvgIpc) is 3.22. The molecule has 8 nitrogen and oxygen atoms in total. The van der Waals surface area contributed by atoms with Crippen LogP contribution in [-0.2, 0) is 4.74 Å². The molecule has 0 saturated carbocycles. The number of dihydropyridines is 1. The highest BCUT2D eigenvalue weighted by Gasteiger charge is 2.29. The number of nitriles is 2. The van der Waals surface area contributed by atoms with Gasteiger partial charge >= 0.3 is 6.09 Å². The number of anilines is 1. The Bertz CT molecular complexity index is 1330. The van der Waals surface area contributed by atoms with Gasteiger partial charge in [0.2, 0.25) is 0 Å². The Morgan fingerprint density at radius 1 is 1.06 bits per heavy atom. The maximum Gasteiger partial charge on any atom is 0.411 e. The molecule has 3 N–H and O–H groups in total. The van der Waals surface area contributed by atoms with Crippen LogP contribution in [0, 0.1) is 22.7 Å². The molecule has 0 fully saturated rings. The SMILES string of the molecule is COC(=O)Nc1ccc(-c2n[nH]c3ccc(C4C(C#N)=C(C)NC(C)=C4C#N)cc23)cc1. The fraction of sp³-hybridized carbons (Fsp3) is 0.167. The van der Waals surface area contributed by atoms with Crippen molar-refractivity contribution in [3.8, 4) is 23.4 Å². The quantitative estimate of drug-likeness (QED) is 0.560. The normalized spacial score (nSPS) is 14.0. The highest BCUT2D eigenvalue weighted by atomic mass is 16.5. The summed E-state index contributed by atoms with van der Waals surface area (Å²) >= 11 is 0. The van der Waals surface area contributed by atoms with Crippen molar-refractivity contribution in [3.63, 3.8) is 0 Å². The predicted octanol–water partition coefficient (Wildman–Crippen LogP) is 4.69. The van der Waals surface area contributed by atoms with Crippen molar-refractivity contribution in [2.45, 2.75) is 19.8 Å². The standard InChI is InChI=1S/C24H20N6O2/c1-13-19(11-25)22(20(12-26)14(2)27-13)16-6-9-21-18(10-16)23(30-29-21)15-4-7-17(8-5-15)28-24(31)32-3/h4-10,22,27H,1-3H3,(H,28,31)(H,29,30). The molecule has 0 spiro atoms. The van der Waals surface area contributed by atoms with Crippen molar-refractivity contribution in [1.82, 2.24) is 15.5 Å². The molecule has 158 valence electrons. The lowest BCUT2D eigenvalue weighted by molar-refractivity contribution is 0.187. The molecule has 1 aromatic heterocycles. The molecule has 1 aliphatic heterocycles. The molecule has 4 rings (SSSR count). The molecule has 32 heavy (non-hydrogen) atoms. The number of carbonyl (C=O) groups is 1. The molecule has 1 aliphatic rings. The molecule has 3 aromatic rings. The van der Waals surface area contributed by atoms with Crippen molar-refractivity contribution in [3.05, 3.63) is 70.6 Å². The largest absolute Gasteiger partial charge is 0.453 e. The van der Waals surface area contributed by atoms with E-state index < -0.39 is 12.0 Å². The number of amides is 1. The van der Waals surface area contributed by atoms with Gasteiger partial charge < -0.3 is 10.1 Å². The maximum absolute atomic E-state index is 11.4. The lowest BCUT2D eigenvalue weighted by atomic mass is 9.81. The Balaban J connectivity index is 1.78. The van der Waals surface area contributed by atoms with Crippen molar-refractivity contribution < 1.29 is 9.53 Å². The fourth-order valence-electron chi connectivity index (χ4n) is 3.93. The Morgan fingerprint density at radius 3 is 2.31 bits per heavy atom. The molecule has 2 heterocycles. The summed E-state index contributed by atoms with van der Waals surface area (Å²) in [6, 6.07) is 17.6. The number of H-pyrrole nitrogens is 1. The highest BCUT2D eigenvalue weighted by Crippen LogP contribution is 2.39. The van der Waals surface area contributed by atoms with E-state index in [-0.39, 0.29) is 0 Å². The van der Waals surface area contributed by atoms with Crippen molar-refractivity contribution in [2.75, 3.05) is 12.4 Å². The average molecular weight is 424 g/mol. The maximum atomic E-state index is 11.4. The number of nitrogens with zero attached hydrogens (tertiary/aromatic N) is 3. The van der Waals surface area contributed by atoms with Crippen LogP contribution >= 0.6 is 0 Å². The van der Waals surface area contributed by atoms with Gasteiger partial charge in [-0.3, -0.25) is 10.4 Å². The summed E-state index contributed by atoms with van der Waals surface area (Å²) in [6.07, 6.45) is -0.539. The summed E-state index contributed by atoms with van der Waals surface area (Å²) in [5.74, 6) is -0.440. The van der Waals surface area contributed by atoms with Crippen LogP contribution in [0.5, 0.6) is 0 Å². The summed E-state index contributed by atoms with van der Waals surface area (Å²) in [6.45, 7) is 3.68. The van der Waals surface area contributed by atoms with Gasteiger partial charge in [-0.05, 0) is 43.7 Å². The number of rotatable bonds is 3. The number of hydrogen-bond donors (Lipinski definition) is 3. The van der Waals surface area contributed by atoms with E-state index >= 15 is 0 Å². The van der Waals surface area contributed by atoms with Gasteiger partial charge in [0, 0.05) is 28.0 Å². The molecule has 0 unspecified atom stereocenters. The second-order valence-corrected chi connectivity index (χ2v) is 7.43. The van der Waals surface area contributed by atoms with E-state index in [9.17, 15) is 15.3 Å². The van der Waals surface area contributed by atoms with E-state index in [0.717, 1.165) is 39.1 Å². The molecule has 0 saturated heterocycles. The number of ether oxygens (including phenoxy) is 1. The van der Waals surface area contributed by atoms with Gasteiger partial charge in [0.15, 0.2) is 0 Å². The molecule has 0 radical (unpaired) electrons. The van der Waals surface area contributed by atoms with Gasteiger partial charge in [0.25, 0.3) is 0 Å². The fourth-order valence-corrected chi connectivity index (χ4v) is 3.93. The number of methoxy groups -OCH3 is 1. The zero-order valence-electron chi connectivity index (χ0n) is 17.8. The first-order valence-corrected chi connectivity index (χ1v) is 9.89. The minimum atomic E-state index is -0.539. The van der Waals surface area contributed by atoms with E-state index in [1.54, 1.807) is 12.1 Å². The predicted molar refractivity (Wildman–Crippen MR) is 120 cm³/mol. The Hall–Kier alpha value is -4.56. The first-order valence-electron chi connectivity index (χ1n) is 9.89. The zero-order valence-corrected chi connectivity index (χ0v) is 17.8. The van der Waals surface area contributed by atoms with Crippen LogP contribution in [0.4, 0.5) is 10.5 Å². The number of allylic oxidation sites excluding steroid dienone is 4. The van der Waals surface area contributed by atoms with Crippen LogP contribution in [0.25, 0.3) is 22.2 Å². The van der Waals surface area contributed by atoms with Crippen LogP contribution in [0.1, 0.15) is 25.3 Å². The highest BCUT2D eigenvalue weighted by molar-refractivity contribution is 5.94. The van der Waals surface area contributed by atoms with Crippen LogP contribution in [-0.4, -0.2) is 23.4 Å². The number of aromatic amines is 1. The third-order valence-corrected chi connectivity index (χ3v) is 5.51. The molecule has 0 bridgehead atoms. The monoisotopic (exact) mass is 424 g/mol. The minimum absolute atomic E-state index is 0.440. The van der Waals surface area contributed by atoms with E-state index in [2.05, 4.69) is 37.7 Å². The van der Waals surface area contributed by atoms with E-state index in [1.807, 2.05) is 44.2 Å². The van der Waals surface area contributed by atoms with Crippen molar-refractivity contribution in [2.24, 2.45) is 0 Å². The molecule has 0 atom stereocenters. The van der Waals surface area contributed by atoms with Gasteiger partial charge in [0.1, 0.15) is 0 Å². The third kappa shape index (κ3) is 3.55. The molecule has 8 heteroatoms. The topological polar surface area (TPSA) is 127 Å². The molecular weight excluding hydrogens is 404 g/mol. The van der Waals surface area contributed by atoms with Gasteiger partial charge in [0.05, 0.1) is 47.5 Å². The number of nitrogens with one attached hydrogen (secondary N) is 3. The van der Waals surface area contributed by atoms with E-state index in [4.69, 9.17) is 0 Å². The molecular formula is C24H20N6O2. The molecule has 0 aliphatic carbocycles. The van der Waals surface area contributed by atoms with Gasteiger partial charge in [-0.1, -0.05) is 18.2 Å². The Kier molecular flexibility index (Phi) is 5.36.